The van der Waals surface area contributed by atoms with Crippen LogP contribution >= 0.6 is 22.9 Å². The van der Waals surface area contributed by atoms with Crippen LogP contribution in [0.15, 0.2) is 53.6 Å². The molecule has 2 aromatic carbocycles. The van der Waals surface area contributed by atoms with Crippen molar-refractivity contribution in [2.24, 2.45) is 0 Å². The van der Waals surface area contributed by atoms with Gasteiger partial charge < -0.3 is 4.90 Å². The number of halogens is 2. The molecule has 1 amide bonds. The fourth-order valence-corrected chi connectivity index (χ4v) is 5.70. The number of hydrogen-bond donors (Lipinski definition) is 0. The van der Waals surface area contributed by atoms with E-state index in [2.05, 4.69) is 4.98 Å². The van der Waals surface area contributed by atoms with Gasteiger partial charge in [-0.25, -0.2) is 9.37 Å². The van der Waals surface area contributed by atoms with Gasteiger partial charge in [-0.05, 0) is 67.6 Å². The third-order valence-electron chi connectivity index (χ3n) is 6.20. The van der Waals surface area contributed by atoms with Crippen LogP contribution in [0.3, 0.4) is 0 Å². The van der Waals surface area contributed by atoms with Gasteiger partial charge >= 0.3 is 0 Å². The number of thiophene rings is 1. The zero-order valence-electron chi connectivity index (χ0n) is 18.1. The van der Waals surface area contributed by atoms with E-state index < -0.39 is 0 Å². The summed E-state index contributed by atoms with van der Waals surface area (Å²) in [5, 5.41) is 1.03. The highest BCUT2D eigenvalue weighted by molar-refractivity contribution is 7.20. The summed E-state index contributed by atoms with van der Waals surface area (Å²) in [4.78, 5) is 34.2. The van der Waals surface area contributed by atoms with E-state index in [9.17, 15) is 14.0 Å². The Hall–Kier alpha value is -3.03. The van der Waals surface area contributed by atoms with E-state index in [1.165, 1.54) is 34.4 Å². The van der Waals surface area contributed by atoms with Gasteiger partial charge in [0.25, 0.3) is 11.5 Å². The lowest BCUT2D eigenvalue weighted by atomic mass is 9.96. The number of nitrogens with zero attached hydrogens (tertiary/aromatic N) is 3. The van der Waals surface area contributed by atoms with Gasteiger partial charge in [0.2, 0.25) is 0 Å². The second-order valence-electron chi connectivity index (χ2n) is 8.34. The summed E-state index contributed by atoms with van der Waals surface area (Å²) in [6.07, 6.45) is 2.96. The van der Waals surface area contributed by atoms with E-state index in [4.69, 9.17) is 11.6 Å². The Morgan fingerprint density at radius 3 is 2.85 bits per heavy atom. The van der Waals surface area contributed by atoms with Crippen molar-refractivity contribution in [1.82, 2.24) is 9.55 Å². The predicted molar refractivity (Wildman–Crippen MR) is 130 cm³/mol. The summed E-state index contributed by atoms with van der Waals surface area (Å²) in [5.74, 6) is -0.496. The number of benzene rings is 2. The maximum absolute atomic E-state index is 13.8. The number of anilines is 1. The fourth-order valence-electron chi connectivity index (χ4n) is 4.43. The highest BCUT2D eigenvalue weighted by atomic mass is 35.5. The lowest BCUT2D eigenvalue weighted by molar-refractivity contribution is 0.0978. The van der Waals surface area contributed by atoms with Gasteiger partial charge in [0.05, 0.1) is 23.1 Å². The average Bonchev–Trinajstić information content (AvgIpc) is 3.14. The summed E-state index contributed by atoms with van der Waals surface area (Å²) in [6, 6.07) is 11.9. The number of rotatable bonds is 3. The maximum atomic E-state index is 13.8. The zero-order valence-corrected chi connectivity index (χ0v) is 19.7. The molecule has 0 radical (unpaired) electrons. The second-order valence-corrected chi connectivity index (χ2v) is 9.75. The Morgan fingerprint density at radius 2 is 2.06 bits per heavy atom. The second kappa shape index (κ2) is 8.39. The highest BCUT2D eigenvalue weighted by Crippen LogP contribution is 2.35. The lowest BCUT2D eigenvalue weighted by Crippen LogP contribution is -2.42. The van der Waals surface area contributed by atoms with E-state index >= 15 is 0 Å². The molecule has 0 bridgehead atoms. The van der Waals surface area contributed by atoms with E-state index in [1.54, 1.807) is 24.0 Å². The molecule has 4 aromatic rings. The molecule has 0 spiro atoms. The molecule has 2 aromatic heterocycles. The SMILES string of the molecule is Cc1c(C(=O)N2c3ccc(F)cc3CCC2C)sc2ncn(Cc3ccccc3Cl)c(=O)c12. The molecule has 1 atom stereocenters. The molecule has 168 valence electrons. The largest absolute Gasteiger partial charge is 0.305 e. The first-order chi connectivity index (χ1) is 15.8. The predicted octanol–water partition coefficient (Wildman–Crippen LogP) is 5.59. The molecule has 1 aliphatic heterocycles. The quantitative estimate of drug-likeness (QED) is 0.383. The fraction of sp³-hybridized carbons (Fsp3) is 0.240. The van der Waals surface area contributed by atoms with Crippen LogP contribution in [0.4, 0.5) is 10.1 Å². The van der Waals surface area contributed by atoms with E-state index in [0.29, 0.717) is 32.2 Å². The smallest absolute Gasteiger partial charge is 0.268 e. The van der Waals surface area contributed by atoms with E-state index in [1.807, 2.05) is 25.1 Å². The summed E-state index contributed by atoms with van der Waals surface area (Å²) in [5.41, 5.74) is 2.77. The molecule has 0 saturated carbocycles. The number of carbonyl (C=O) groups excluding carboxylic acids is 1. The number of aromatic nitrogens is 2. The Kier molecular flexibility index (Phi) is 5.54. The van der Waals surface area contributed by atoms with Crippen LogP contribution in [-0.2, 0) is 13.0 Å². The number of fused-ring (bicyclic) bond motifs is 2. The molecular formula is C25H21ClFN3O2S. The van der Waals surface area contributed by atoms with Crippen molar-refractivity contribution in [2.45, 2.75) is 39.3 Å². The Bertz CT molecular complexity index is 1460. The molecule has 0 fully saturated rings. The van der Waals surface area contributed by atoms with Crippen molar-refractivity contribution in [2.75, 3.05) is 4.90 Å². The molecule has 1 aliphatic rings. The van der Waals surface area contributed by atoms with Crippen molar-refractivity contribution in [3.05, 3.63) is 91.6 Å². The first-order valence-corrected chi connectivity index (χ1v) is 11.9. The lowest BCUT2D eigenvalue weighted by Gasteiger charge is -2.35. The Balaban J connectivity index is 1.57. The van der Waals surface area contributed by atoms with E-state index in [0.717, 1.165) is 29.7 Å². The van der Waals surface area contributed by atoms with Gasteiger partial charge in [0.15, 0.2) is 0 Å². The van der Waals surface area contributed by atoms with Crippen LogP contribution in [0.25, 0.3) is 10.2 Å². The number of aryl methyl sites for hydroxylation is 2. The third-order valence-corrected chi connectivity index (χ3v) is 7.76. The first kappa shape index (κ1) is 21.8. The first-order valence-electron chi connectivity index (χ1n) is 10.7. The van der Waals surface area contributed by atoms with Crippen LogP contribution in [-0.4, -0.2) is 21.5 Å². The zero-order chi connectivity index (χ0) is 23.3. The van der Waals surface area contributed by atoms with Crippen molar-refractivity contribution >= 4 is 44.7 Å². The van der Waals surface area contributed by atoms with E-state index in [-0.39, 0.29) is 23.3 Å². The van der Waals surface area contributed by atoms with Crippen molar-refractivity contribution < 1.29 is 9.18 Å². The monoisotopic (exact) mass is 481 g/mol. The average molecular weight is 482 g/mol. The molecule has 5 nitrogen and oxygen atoms in total. The molecule has 0 aliphatic carbocycles. The minimum Gasteiger partial charge on any atom is -0.305 e. The highest BCUT2D eigenvalue weighted by Gasteiger charge is 2.32. The summed E-state index contributed by atoms with van der Waals surface area (Å²) >= 11 is 7.49. The van der Waals surface area contributed by atoms with Gasteiger partial charge in [-0.3, -0.25) is 14.2 Å². The van der Waals surface area contributed by atoms with Crippen molar-refractivity contribution in [3.63, 3.8) is 0 Å². The molecule has 33 heavy (non-hydrogen) atoms. The Morgan fingerprint density at radius 1 is 1.27 bits per heavy atom. The van der Waals surface area contributed by atoms with Gasteiger partial charge in [-0.2, -0.15) is 0 Å². The molecular weight excluding hydrogens is 461 g/mol. The van der Waals surface area contributed by atoms with Crippen molar-refractivity contribution in [3.8, 4) is 0 Å². The summed E-state index contributed by atoms with van der Waals surface area (Å²) < 4.78 is 15.3. The molecule has 3 heterocycles. The standard InChI is InChI=1S/C25H21ClFN3O2S/c1-14-7-8-16-11-18(27)9-10-20(16)30(14)25(32)22-15(2)21-23(33-22)28-13-29(24(21)31)12-17-5-3-4-6-19(17)26/h3-6,9-11,13-14H,7-8,12H2,1-2H3. The van der Waals surface area contributed by atoms with Crippen LogP contribution < -0.4 is 10.5 Å². The number of amides is 1. The van der Waals surface area contributed by atoms with Crippen LogP contribution in [0, 0.1) is 12.7 Å². The number of carbonyl (C=O) groups is 1. The van der Waals surface area contributed by atoms with Gasteiger partial charge in [0, 0.05) is 16.8 Å². The van der Waals surface area contributed by atoms with Crippen LogP contribution in [0.5, 0.6) is 0 Å². The minimum absolute atomic E-state index is 0.0371. The third kappa shape index (κ3) is 3.75. The minimum atomic E-state index is -0.308. The van der Waals surface area contributed by atoms with Crippen LogP contribution in [0.2, 0.25) is 5.02 Å². The molecule has 0 N–H and O–H groups in total. The molecule has 1 unspecified atom stereocenters. The molecule has 8 heteroatoms. The molecule has 5 rings (SSSR count). The summed E-state index contributed by atoms with van der Waals surface area (Å²) in [7, 11) is 0. The summed E-state index contributed by atoms with van der Waals surface area (Å²) in [6.45, 7) is 4.07. The molecule has 0 saturated heterocycles. The Labute approximate surface area is 199 Å². The number of hydrogen-bond acceptors (Lipinski definition) is 4. The van der Waals surface area contributed by atoms with Gasteiger partial charge in [0.1, 0.15) is 10.6 Å². The maximum Gasteiger partial charge on any atom is 0.268 e. The van der Waals surface area contributed by atoms with Crippen LogP contribution in [0.1, 0.15) is 39.7 Å². The topological polar surface area (TPSA) is 55.2 Å². The van der Waals surface area contributed by atoms with Gasteiger partial charge in [-0.15, -0.1) is 11.3 Å². The van der Waals surface area contributed by atoms with Crippen molar-refractivity contribution in [1.29, 1.82) is 0 Å². The van der Waals surface area contributed by atoms with Gasteiger partial charge in [-0.1, -0.05) is 29.8 Å². The normalized spacial score (nSPS) is 15.6.